The van der Waals surface area contributed by atoms with Gasteiger partial charge in [-0.2, -0.15) is 4.98 Å². The number of nitrogen functional groups attached to an aromatic ring is 2. The van der Waals surface area contributed by atoms with Crippen molar-refractivity contribution in [3.8, 4) is 11.5 Å². The van der Waals surface area contributed by atoms with E-state index in [0.29, 0.717) is 35.3 Å². The van der Waals surface area contributed by atoms with Gasteiger partial charge in [0, 0.05) is 24.0 Å². The smallest absolute Gasteiger partial charge is 0.258 e. The molecule has 1 heterocycles. The maximum atomic E-state index is 5.67. The van der Waals surface area contributed by atoms with Crippen LogP contribution in [-0.2, 0) is 11.3 Å². The molecular formula is C10H12N4O2. The fourth-order valence-corrected chi connectivity index (χ4v) is 1.36. The highest BCUT2D eigenvalue weighted by atomic mass is 16.5. The van der Waals surface area contributed by atoms with Crippen molar-refractivity contribution in [3.63, 3.8) is 0 Å². The number of hydrogen-bond acceptors (Lipinski definition) is 6. The normalized spacial score (nSPS) is 10.6. The quantitative estimate of drug-likeness (QED) is 0.750. The summed E-state index contributed by atoms with van der Waals surface area (Å²) in [7, 11) is 1.56. The Labute approximate surface area is 92.2 Å². The highest BCUT2D eigenvalue weighted by Crippen LogP contribution is 2.23. The van der Waals surface area contributed by atoms with Crippen LogP contribution in [0.3, 0.4) is 0 Å². The minimum absolute atomic E-state index is 0.307. The molecule has 6 nitrogen and oxygen atoms in total. The fraction of sp³-hybridized carbons (Fsp3) is 0.200. The molecule has 4 N–H and O–H groups in total. The maximum absolute atomic E-state index is 5.67. The van der Waals surface area contributed by atoms with Gasteiger partial charge in [0.2, 0.25) is 0 Å². The van der Waals surface area contributed by atoms with Gasteiger partial charge in [-0.1, -0.05) is 5.16 Å². The number of ether oxygens (including phenoxy) is 1. The van der Waals surface area contributed by atoms with Crippen molar-refractivity contribution in [2.75, 3.05) is 18.6 Å². The van der Waals surface area contributed by atoms with Gasteiger partial charge >= 0.3 is 0 Å². The predicted octanol–water partition coefficient (Wildman–Crippen LogP) is 1.05. The van der Waals surface area contributed by atoms with Gasteiger partial charge in [0.25, 0.3) is 5.89 Å². The zero-order chi connectivity index (χ0) is 11.5. The highest BCUT2D eigenvalue weighted by molar-refractivity contribution is 5.66. The molecule has 0 bridgehead atoms. The van der Waals surface area contributed by atoms with Gasteiger partial charge in [0.1, 0.15) is 6.61 Å². The third-order valence-electron chi connectivity index (χ3n) is 1.97. The topological polar surface area (TPSA) is 100 Å². The summed E-state index contributed by atoms with van der Waals surface area (Å²) in [5, 5.41) is 3.75. The monoisotopic (exact) mass is 220 g/mol. The third-order valence-corrected chi connectivity index (χ3v) is 1.97. The van der Waals surface area contributed by atoms with E-state index in [2.05, 4.69) is 10.1 Å². The number of aromatic nitrogens is 2. The van der Waals surface area contributed by atoms with Gasteiger partial charge < -0.3 is 20.7 Å². The second-order valence-corrected chi connectivity index (χ2v) is 3.34. The molecule has 0 aliphatic carbocycles. The molecule has 0 saturated carbocycles. The number of rotatable bonds is 3. The standard InChI is InChI=1S/C10H12N4O2/c1-15-5-9-13-10(16-14-9)6-2-7(11)4-8(12)3-6/h2-4H,5,11-12H2,1H3. The van der Waals surface area contributed by atoms with E-state index in [1.807, 2.05) is 0 Å². The van der Waals surface area contributed by atoms with Crippen LogP contribution in [0.25, 0.3) is 11.5 Å². The van der Waals surface area contributed by atoms with Crippen LogP contribution >= 0.6 is 0 Å². The van der Waals surface area contributed by atoms with Crippen LogP contribution in [0.5, 0.6) is 0 Å². The molecular weight excluding hydrogens is 208 g/mol. The number of benzene rings is 1. The minimum atomic E-state index is 0.307. The Morgan fingerprint density at radius 2 is 1.94 bits per heavy atom. The van der Waals surface area contributed by atoms with Crippen molar-refractivity contribution in [3.05, 3.63) is 24.0 Å². The summed E-state index contributed by atoms with van der Waals surface area (Å²) >= 11 is 0. The average molecular weight is 220 g/mol. The van der Waals surface area contributed by atoms with Crippen LogP contribution in [0.2, 0.25) is 0 Å². The molecule has 16 heavy (non-hydrogen) atoms. The Balaban J connectivity index is 2.34. The molecule has 0 fully saturated rings. The molecule has 6 heteroatoms. The van der Waals surface area contributed by atoms with E-state index in [-0.39, 0.29) is 0 Å². The second-order valence-electron chi connectivity index (χ2n) is 3.34. The molecule has 0 aliphatic rings. The largest absolute Gasteiger partial charge is 0.399 e. The average Bonchev–Trinajstić information content (AvgIpc) is 2.65. The predicted molar refractivity (Wildman–Crippen MR) is 59.3 cm³/mol. The summed E-state index contributed by atoms with van der Waals surface area (Å²) in [6.07, 6.45) is 0. The molecule has 84 valence electrons. The first kappa shape index (κ1) is 10.4. The van der Waals surface area contributed by atoms with E-state index in [1.54, 1.807) is 25.3 Å². The SMILES string of the molecule is COCc1noc(-c2cc(N)cc(N)c2)n1. The lowest BCUT2D eigenvalue weighted by molar-refractivity contribution is 0.174. The molecule has 0 unspecified atom stereocenters. The van der Waals surface area contributed by atoms with Crippen LogP contribution in [0.1, 0.15) is 5.82 Å². The van der Waals surface area contributed by atoms with Crippen LogP contribution in [-0.4, -0.2) is 17.3 Å². The minimum Gasteiger partial charge on any atom is -0.399 e. The van der Waals surface area contributed by atoms with Gasteiger partial charge in [0.15, 0.2) is 5.82 Å². The Hall–Kier alpha value is -2.08. The molecule has 1 aromatic carbocycles. The van der Waals surface area contributed by atoms with Crippen molar-refractivity contribution < 1.29 is 9.26 Å². The zero-order valence-electron chi connectivity index (χ0n) is 8.80. The zero-order valence-corrected chi connectivity index (χ0v) is 8.80. The Bertz CT molecular complexity index is 475. The van der Waals surface area contributed by atoms with Crippen LogP contribution in [0, 0.1) is 0 Å². The summed E-state index contributed by atoms with van der Waals surface area (Å²) in [5.74, 6) is 0.865. The van der Waals surface area contributed by atoms with Crippen LogP contribution < -0.4 is 11.5 Å². The fourth-order valence-electron chi connectivity index (χ4n) is 1.36. The number of hydrogen-bond donors (Lipinski definition) is 2. The summed E-state index contributed by atoms with van der Waals surface area (Å²) < 4.78 is 9.95. The van der Waals surface area contributed by atoms with Gasteiger partial charge in [-0.25, -0.2) is 0 Å². The molecule has 0 atom stereocenters. The van der Waals surface area contributed by atoms with Crippen molar-refractivity contribution >= 4 is 11.4 Å². The van der Waals surface area contributed by atoms with Gasteiger partial charge in [-0.3, -0.25) is 0 Å². The first-order valence-corrected chi connectivity index (χ1v) is 4.67. The molecule has 1 aromatic heterocycles. The molecule has 0 aliphatic heterocycles. The molecule has 0 radical (unpaired) electrons. The van der Waals surface area contributed by atoms with Gasteiger partial charge in [0.05, 0.1) is 0 Å². The molecule has 0 saturated heterocycles. The Morgan fingerprint density at radius 3 is 2.56 bits per heavy atom. The first-order chi connectivity index (χ1) is 7.69. The summed E-state index contributed by atoms with van der Waals surface area (Å²) in [6.45, 7) is 0.307. The highest BCUT2D eigenvalue weighted by Gasteiger charge is 2.09. The van der Waals surface area contributed by atoms with Gasteiger partial charge in [-0.15, -0.1) is 0 Å². The third kappa shape index (κ3) is 2.12. The lowest BCUT2D eigenvalue weighted by Gasteiger charge is -1.99. The van der Waals surface area contributed by atoms with Crippen molar-refractivity contribution in [1.82, 2.24) is 10.1 Å². The summed E-state index contributed by atoms with van der Waals surface area (Å²) in [4.78, 5) is 4.14. The first-order valence-electron chi connectivity index (χ1n) is 4.67. The maximum Gasteiger partial charge on any atom is 0.258 e. The van der Waals surface area contributed by atoms with E-state index in [0.717, 1.165) is 0 Å². The molecule has 0 amide bonds. The summed E-state index contributed by atoms with van der Waals surface area (Å²) in [5.41, 5.74) is 13.2. The van der Waals surface area contributed by atoms with Crippen molar-refractivity contribution in [2.24, 2.45) is 0 Å². The summed E-state index contributed by atoms with van der Waals surface area (Å²) in [6, 6.07) is 5.11. The number of nitrogens with two attached hydrogens (primary N) is 2. The molecule has 2 aromatic rings. The molecule has 0 spiro atoms. The van der Waals surface area contributed by atoms with Crippen LogP contribution in [0.4, 0.5) is 11.4 Å². The second kappa shape index (κ2) is 4.19. The Kier molecular flexibility index (Phi) is 2.74. The lowest BCUT2D eigenvalue weighted by atomic mass is 10.2. The van der Waals surface area contributed by atoms with Crippen molar-refractivity contribution in [1.29, 1.82) is 0 Å². The Morgan fingerprint density at radius 1 is 1.25 bits per heavy atom. The van der Waals surface area contributed by atoms with E-state index in [9.17, 15) is 0 Å². The van der Waals surface area contributed by atoms with Crippen molar-refractivity contribution in [2.45, 2.75) is 6.61 Å². The van der Waals surface area contributed by atoms with Crippen LogP contribution in [0.15, 0.2) is 22.7 Å². The van der Waals surface area contributed by atoms with Gasteiger partial charge in [-0.05, 0) is 18.2 Å². The van der Waals surface area contributed by atoms with E-state index in [1.165, 1.54) is 0 Å². The van der Waals surface area contributed by atoms with E-state index in [4.69, 9.17) is 20.7 Å². The lowest BCUT2D eigenvalue weighted by Crippen LogP contribution is -1.92. The number of methoxy groups -OCH3 is 1. The number of nitrogens with zero attached hydrogens (tertiary/aromatic N) is 2. The van der Waals surface area contributed by atoms with E-state index >= 15 is 0 Å². The number of anilines is 2. The molecule has 2 rings (SSSR count). The van der Waals surface area contributed by atoms with E-state index < -0.39 is 0 Å².